The third-order valence-corrected chi connectivity index (χ3v) is 11.1. The van der Waals surface area contributed by atoms with Crippen LogP contribution in [0.3, 0.4) is 0 Å². The van der Waals surface area contributed by atoms with Gasteiger partial charge in [0.05, 0.1) is 18.3 Å². The summed E-state index contributed by atoms with van der Waals surface area (Å²) in [6.45, 7) is 19.7. The molecule has 2 N–H and O–H groups in total. The van der Waals surface area contributed by atoms with Crippen LogP contribution in [0.15, 0.2) is 16.7 Å². The van der Waals surface area contributed by atoms with Gasteiger partial charge in [-0.15, -0.1) is 0 Å². The summed E-state index contributed by atoms with van der Waals surface area (Å²) < 4.78 is 20.3. The Kier molecular flexibility index (Phi) is 7.81. The smallest absolute Gasteiger partial charge is 0.192 e. The van der Waals surface area contributed by atoms with Crippen molar-refractivity contribution >= 4 is 41.2 Å². The summed E-state index contributed by atoms with van der Waals surface area (Å²) in [6.07, 6.45) is 1.99. The van der Waals surface area contributed by atoms with E-state index in [-0.39, 0.29) is 11.1 Å². The highest BCUT2D eigenvalue weighted by Gasteiger charge is 2.38. The summed E-state index contributed by atoms with van der Waals surface area (Å²) in [7, 11) is -1.84. The van der Waals surface area contributed by atoms with Gasteiger partial charge in [-0.05, 0) is 79.5 Å². The topological polar surface area (TPSA) is 76.1 Å². The van der Waals surface area contributed by atoms with Gasteiger partial charge in [-0.25, -0.2) is 0 Å². The van der Waals surface area contributed by atoms with Gasteiger partial charge in [-0.2, -0.15) is 10.2 Å². The van der Waals surface area contributed by atoms with Crippen molar-refractivity contribution < 1.29 is 8.98 Å². The van der Waals surface area contributed by atoms with E-state index in [4.69, 9.17) is 9.56 Å². The molecular weight excluding hydrogens is 430 g/mol. The Hall–Kier alpha value is -0.123. The average Bonchev–Trinajstić information content (AvgIpc) is 2.76. The van der Waals surface area contributed by atoms with Crippen LogP contribution < -0.4 is 5.14 Å². The van der Waals surface area contributed by atoms with E-state index in [0.717, 1.165) is 15.9 Å². The van der Waals surface area contributed by atoms with Crippen LogP contribution in [0.5, 0.6) is 0 Å². The Labute approximate surface area is 171 Å². The van der Waals surface area contributed by atoms with Gasteiger partial charge >= 0.3 is 0 Å². The van der Waals surface area contributed by atoms with Gasteiger partial charge < -0.3 is 8.98 Å². The van der Waals surface area contributed by atoms with E-state index in [9.17, 15) is 4.55 Å². The second-order valence-corrected chi connectivity index (χ2v) is 16.2. The number of nitrogens with zero attached hydrogens (tertiary/aromatic N) is 2. The van der Waals surface area contributed by atoms with E-state index < -0.39 is 24.4 Å². The Bertz CT molecular complexity index is 651. The first kappa shape index (κ1) is 23.9. The van der Waals surface area contributed by atoms with Gasteiger partial charge in [-0.1, -0.05) is 20.8 Å². The Balaban J connectivity index is 3.05. The maximum atomic E-state index is 11.7. The molecule has 2 atom stereocenters. The van der Waals surface area contributed by atoms with Crippen molar-refractivity contribution in [2.75, 3.05) is 0 Å². The second-order valence-electron chi connectivity index (χ2n) is 8.95. The van der Waals surface area contributed by atoms with Crippen LogP contribution in [0.25, 0.3) is 5.57 Å². The summed E-state index contributed by atoms with van der Waals surface area (Å²) in [5.74, 6) is 0. The zero-order valence-electron chi connectivity index (χ0n) is 17.5. The lowest BCUT2D eigenvalue weighted by Gasteiger charge is -2.38. The molecule has 0 saturated carbocycles. The second kappa shape index (κ2) is 8.49. The van der Waals surface area contributed by atoms with Crippen LogP contribution in [0, 0.1) is 0 Å². The largest absolute Gasteiger partial charge is 0.598 e. The summed E-state index contributed by atoms with van der Waals surface area (Å²) >= 11 is 2.03. The van der Waals surface area contributed by atoms with E-state index in [1.54, 1.807) is 0 Å². The summed E-state index contributed by atoms with van der Waals surface area (Å²) in [5.41, 5.74) is 1.97. The van der Waals surface area contributed by atoms with E-state index in [0.29, 0.717) is 6.54 Å². The van der Waals surface area contributed by atoms with Gasteiger partial charge in [0.1, 0.15) is 4.60 Å². The molecule has 26 heavy (non-hydrogen) atoms. The zero-order chi connectivity index (χ0) is 20.5. The molecule has 0 spiro atoms. The van der Waals surface area contributed by atoms with E-state index in [1.807, 2.05) is 37.6 Å². The van der Waals surface area contributed by atoms with Gasteiger partial charge in [-0.3, -0.25) is 4.68 Å². The Morgan fingerprint density at radius 3 is 2.42 bits per heavy atom. The predicted molar refractivity (Wildman–Crippen MR) is 118 cm³/mol. The third-order valence-electron chi connectivity index (χ3n) is 4.97. The highest BCUT2D eigenvalue weighted by molar-refractivity contribution is 9.10. The molecule has 1 heterocycles. The van der Waals surface area contributed by atoms with Crippen LogP contribution in [0.1, 0.15) is 54.2 Å². The molecule has 0 amide bonds. The van der Waals surface area contributed by atoms with Crippen molar-refractivity contribution in [1.82, 2.24) is 9.78 Å². The molecule has 1 aromatic heterocycles. The molecule has 0 saturated heterocycles. The SMILES string of the molecule is C/C(=C\C(C)(C)[S@+](N)[O-])c1cc(Br)nn1C[C@H](C)O[Si](C)(C)C(C)(C)C. The first-order valence-corrected chi connectivity index (χ1v) is 13.8. The quantitative estimate of drug-likeness (QED) is 0.462. The third kappa shape index (κ3) is 6.20. The van der Waals surface area contributed by atoms with Crippen molar-refractivity contribution in [2.45, 2.75) is 84.0 Å². The first-order valence-electron chi connectivity index (χ1n) is 8.84. The fraction of sp³-hybridized carbons (Fsp3) is 0.722. The maximum Gasteiger partial charge on any atom is 0.192 e. The van der Waals surface area contributed by atoms with Gasteiger partial charge in [0.2, 0.25) is 0 Å². The average molecular weight is 465 g/mol. The van der Waals surface area contributed by atoms with Gasteiger partial charge in [0.15, 0.2) is 13.1 Å². The minimum absolute atomic E-state index is 0.0471. The van der Waals surface area contributed by atoms with Gasteiger partial charge in [0.25, 0.3) is 0 Å². The highest BCUT2D eigenvalue weighted by Crippen LogP contribution is 2.37. The number of aromatic nitrogens is 2. The molecule has 1 rings (SSSR count). The molecule has 150 valence electrons. The molecule has 0 fully saturated rings. The monoisotopic (exact) mass is 463 g/mol. The van der Waals surface area contributed by atoms with Crippen LogP contribution in [0.4, 0.5) is 0 Å². The molecule has 0 radical (unpaired) electrons. The standard InChI is InChI=1S/C18H34BrN3O2SSi/c1-13(11-18(6,7)25(20)23)15-10-16(19)21-22(15)12-14(2)24-26(8,9)17(3,4)5/h10-11,14H,12,20H2,1-9H3/b13-11+/t14-,25+/m0/s1. The van der Waals surface area contributed by atoms with Gasteiger partial charge in [0, 0.05) is 11.4 Å². The zero-order valence-corrected chi connectivity index (χ0v) is 20.9. The summed E-state index contributed by atoms with van der Waals surface area (Å²) in [5, 5.41) is 10.3. The number of rotatable bonds is 7. The number of allylic oxidation sites excluding steroid dienone is 1. The Morgan fingerprint density at radius 1 is 1.42 bits per heavy atom. The summed E-state index contributed by atoms with van der Waals surface area (Å²) in [4.78, 5) is 0. The lowest BCUT2D eigenvalue weighted by atomic mass is 10.1. The van der Waals surface area contributed by atoms with Crippen LogP contribution >= 0.6 is 15.9 Å². The predicted octanol–water partition coefficient (Wildman–Crippen LogP) is 4.86. The molecular formula is C18H34BrN3O2SSi. The van der Waals surface area contributed by atoms with E-state index in [2.05, 4.69) is 61.8 Å². The number of hydrogen-bond donors (Lipinski definition) is 1. The molecule has 8 heteroatoms. The lowest BCUT2D eigenvalue weighted by Crippen LogP contribution is -2.44. The fourth-order valence-electron chi connectivity index (χ4n) is 2.46. The lowest BCUT2D eigenvalue weighted by molar-refractivity contribution is 0.173. The fourth-order valence-corrected chi connectivity index (χ4v) is 4.59. The molecule has 5 nitrogen and oxygen atoms in total. The van der Waals surface area contributed by atoms with E-state index in [1.165, 1.54) is 0 Å². The molecule has 0 unspecified atom stereocenters. The van der Waals surface area contributed by atoms with Crippen molar-refractivity contribution in [1.29, 1.82) is 0 Å². The highest BCUT2D eigenvalue weighted by atomic mass is 79.9. The first-order chi connectivity index (χ1) is 11.6. The molecule has 0 aliphatic rings. The maximum absolute atomic E-state index is 11.7. The number of hydrogen-bond acceptors (Lipinski definition) is 4. The van der Waals surface area contributed by atoms with E-state index >= 15 is 0 Å². The van der Waals surface area contributed by atoms with Crippen molar-refractivity contribution in [3.63, 3.8) is 0 Å². The minimum atomic E-state index is -1.84. The molecule has 0 aromatic carbocycles. The molecule has 0 aliphatic carbocycles. The van der Waals surface area contributed by atoms with Crippen molar-refractivity contribution in [3.8, 4) is 0 Å². The van der Waals surface area contributed by atoms with Crippen molar-refractivity contribution in [3.05, 3.63) is 22.4 Å². The van der Waals surface area contributed by atoms with Crippen molar-refractivity contribution in [2.24, 2.45) is 5.14 Å². The number of nitrogens with two attached hydrogens (primary N) is 1. The molecule has 1 aromatic rings. The molecule has 0 aliphatic heterocycles. The normalized spacial score (nSPS) is 16.7. The summed E-state index contributed by atoms with van der Waals surface area (Å²) in [6, 6.07) is 1.97. The number of halogens is 1. The van der Waals surface area contributed by atoms with Crippen LogP contribution in [0.2, 0.25) is 18.1 Å². The van der Waals surface area contributed by atoms with Crippen LogP contribution in [-0.4, -0.2) is 33.5 Å². The van der Waals surface area contributed by atoms with Crippen LogP contribution in [-0.2, 0) is 22.3 Å². The minimum Gasteiger partial charge on any atom is -0.598 e. The molecule has 0 bridgehead atoms. The Morgan fingerprint density at radius 2 is 1.96 bits per heavy atom.